The van der Waals surface area contributed by atoms with Crippen molar-refractivity contribution in [3.8, 4) is 11.5 Å². The molecule has 50 heavy (non-hydrogen) atoms. The van der Waals surface area contributed by atoms with E-state index in [-0.39, 0.29) is 0 Å². The van der Waals surface area contributed by atoms with Crippen LogP contribution in [0.2, 0.25) is 5.02 Å². The number of methoxy groups -OCH3 is 1. The third kappa shape index (κ3) is 6.91. The van der Waals surface area contributed by atoms with Crippen molar-refractivity contribution in [2.24, 2.45) is 0 Å². The monoisotopic (exact) mass is 689 g/mol. The molecule has 1 atom stereocenters. The average molecular weight is 690 g/mol. The fourth-order valence-electron chi connectivity index (χ4n) is 8.37. The standard InChI is InChI=1S/C42H48ClN5O2/c1-49-35-16-18-40(38(43)30-35)47-26-24-46(25-27-47)34-15-17-39-37(29-34)36-13-8-14-41(50-31-32-9-4-2-5-10-32)42(36)48(39)28-21-44-19-22-45(23-20-44)33-11-6-3-7-12-33/h2-14,16,18,30,34H,15,17,19-29,31H2,1H3. The molecule has 4 aromatic carbocycles. The first kappa shape index (κ1) is 33.0. The number of benzene rings is 4. The first-order chi connectivity index (χ1) is 24.6. The van der Waals surface area contributed by atoms with Gasteiger partial charge < -0.3 is 23.8 Å². The maximum Gasteiger partial charge on any atom is 0.144 e. The Bertz CT molecular complexity index is 1880. The molecule has 5 aromatic rings. The molecule has 3 heterocycles. The van der Waals surface area contributed by atoms with Gasteiger partial charge in [0.2, 0.25) is 0 Å². The number of para-hydroxylation sites is 2. The lowest BCUT2D eigenvalue weighted by Crippen LogP contribution is -2.51. The van der Waals surface area contributed by atoms with Gasteiger partial charge in [-0.15, -0.1) is 0 Å². The predicted molar refractivity (Wildman–Crippen MR) is 205 cm³/mol. The fraction of sp³-hybridized carbons (Fsp3) is 0.381. The second-order valence-corrected chi connectivity index (χ2v) is 14.3. The summed E-state index contributed by atoms with van der Waals surface area (Å²) in [5.41, 5.74) is 7.94. The molecule has 0 N–H and O–H groups in total. The molecule has 7 nitrogen and oxygen atoms in total. The first-order valence-electron chi connectivity index (χ1n) is 18.3. The largest absolute Gasteiger partial charge is 0.497 e. The molecular formula is C42H48ClN5O2. The van der Waals surface area contributed by atoms with Crippen LogP contribution in [-0.2, 0) is 26.0 Å². The van der Waals surface area contributed by atoms with Crippen LogP contribution in [0.5, 0.6) is 11.5 Å². The van der Waals surface area contributed by atoms with E-state index in [1.165, 1.54) is 39.8 Å². The summed E-state index contributed by atoms with van der Waals surface area (Å²) in [5, 5.41) is 2.13. The van der Waals surface area contributed by atoms with Crippen LogP contribution in [-0.4, -0.2) is 86.4 Å². The minimum atomic E-state index is 0.537. The zero-order valence-electron chi connectivity index (χ0n) is 29.1. The van der Waals surface area contributed by atoms with Gasteiger partial charge in [0.15, 0.2) is 0 Å². The zero-order chi connectivity index (χ0) is 33.9. The van der Waals surface area contributed by atoms with Gasteiger partial charge in [0.1, 0.15) is 18.1 Å². The van der Waals surface area contributed by atoms with Gasteiger partial charge >= 0.3 is 0 Å². The maximum atomic E-state index is 6.66. The normalized spacial score (nSPS) is 18.7. The van der Waals surface area contributed by atoms with E-state index in [0.717, 1.165) is 100 Å². The third-order valence-corrected chi connectivity index (χ3v) is 11.4. The van der Waals surface area contributed by atoms with E-state index in [2.05, 4.69) is 109 Å². The summed E-state index contributed by atoms with van der Waals surface area (Å²) in [4.78, 5) is 10.3. The van der Waals surface area contributed by atoms with Crippen molar-refractivity contribution in [3.05, 3.63) is 119 Å². The van der Waals surface area contributed by atoms with E-state index in [4.69, 9.17) is 21.1 Å². The van der Waals surface area contributed by atoms with E-state index in [1.54, 1.807) is 7.11 Å². The van der Waals surface area contributed by atoms with Crippen molar-refractivity contribution in [2.45, 2.75) is 38.5 Å². The molecule has 0 amide bonds. The Labute approximate surface area is 301 Å². The van der Waals surface area contributed by atoms with E-state index in [0.29, 0.717) is 12.6 Å². The van der Waals surface area contributed by atoms with Gasteiger partial charge in [-0.25, -0.2) is 0 Å². The summed E-state index contributed by atoms with van der Waals surface area (Å²) in [6, 6.07) is 34.6. The SMILES string of the molecule is COc1ccc(N2CCN(C3CCc4c(c5cccc(OCc6ccccc6)c5n4CCN4CCN(c5ccccc5)CC4)C3)CC2)c(Cl)c1. The van der Waals surface area contributed by atoms with E-state index >= 15 is 0 Å². The highest BCUT2D eigenvalue weighted by Gasteiger charge is 2.32. The highest BCUT2D eigenvalue weighted by molar-refractivity contribution is 6.33. The lowest BCUT2D eigenvalue weighted by atomic mass is 9.90. The van der Waals surface area contributed by atoms with Gasteiger partial charge in [-0.05, 0) is 60.7 Å². The Morgan fingerprint density at radius 2 is 1.48 bits per heavy atom. The van der Waals surface area contributed by atoms with Crippen LogP contribution >= 0.6 is 11.6 Å². The number of rotatable bonds is 10. The van der Waals surface area contributed by atoms with Gasteiger partial charge in [0.25, 0.3) is 0 Å². The van der Waals surface area contributed by atoms with Gasteiger partial charge in [-0.1, -0.05) is 72.3 Å². The lowest BCUT2D eigenvalue weighted by molar-refractivity contribution is 0.169. The Morgan fingerprint density at radius 1 is 0.740 bits per heavy atom. The molecule has 1 aliphatic carbocycles. The second kappa shape index (κ2) is 15.0. The van der Waals surface area contributed by atoms with Crippen LogP contribution in [0.15, 0.2) is 97.1 Å². The number of aromatic nitrogens is 1. The van der Waals surface area contributed by atoms with Crippen LogP contribution in [0.4, 0.5) is 11.4 Å². The summed E-state index contributed by atoms with van der Waals surface area (Å²) in [6.07, 6.45) is 3.36. The van der Waals surface area contributed by atoms with Gasteiger partial charge in [-0.3, -0.25) is 9.80 Å². The Hall–Kier alpha value is -4.17. The predicted octanol–water partition coefficient (Wildman–Crippen LogP) is 7.38. The molecule has 0 bridgehead atoms. The summed E-state index contributed by atoms with van der Waals surface area (Å²) < 4.78 is 14.6. The zero-order valence-corrected chi connectivity index (χ0v) is 29.9. The van der Waals surface area contributed by atoms with Crippen molar-refractivity contribution >= 4 is 33.9 Å². The van der Waals surface area contributed by atoms with Gasteiger partial charge in [0, 0.05) is 94.3 Å². The minimum Gasteiger partial charge on any atom is -0.497 e. The van der Waals surface area contributed by atoms with Crippen molar-refractivity contribution < 1.29 is 9.47 Å². The molecule has 8 rings (SSSR count). The van der Waals surface area contributed by atoms with Crippen molar-refractivity contribution in [1.29, 1.82) is 0 Å². The highest BCUT2D eigenvalue weighted by Crippen LogP contribution is 2.39. The maximum absolute atomic E-state index is 6.66. The molecule has 0 saturated carbocycles. The van der Waals surface area contributed by atoms with Crippen molar-refractivity contribution in [2.75, 3.05) is 75.8 Å². The average Bonchev–Trinajstić information content (AvgIpc) is 3.50. The summed E-state index contributed by atoms with van der Waals surface area (Å²) in [5.74, 6) is 1.80. The van der Waals surface area contributed by atoms with E-state index in [9.17, 15) is 0 Å². The molecular weight excluding hydrogens is 642 g/mol. The number of nitrogens with zero attached hydrogens (tertiary/aromatic N) is 5. The molecule has 3 aliphatic rings. The molecule has 260 valence electrons. The summed E-state index contributed by atoms with van der Waals surface area (Å²) in [7, 11) is 1.68. The van der Waals surface area contributed by atoms with Crippen LogP contribution < -0.4 is 19.3 Å². The fourth-order valence-corrected chi connectivity index (χ4v) is 8.66. The number of fused-ring (bicyclic) bond motifs is 3. The van der Waals surface area contributed by atoms with Crippen LogP contribution in [0.3, 0.4) is 0 Å². The number of ether oxygens (including phenoxy) is 2. The molecule has 1 aromatic heterocycles. The van der Waals surface area contributed by atoms with Crippen LogP contribution in [0, 0.1) is 0 Å². The number of hydrogen-bond donors (Lipinski definition) is 0. The third-order valence-electron chi connectivity index (χ3n) is 11.1. The number of anilines is 2. The van der Waals surface area contributed by atoms with Crippen LogP contribution in [0.25, 0.3) is 10.9 Å². The summed E-state index contributed by atoms with van der Waals surface area (Å²) >= 11 is 6.66. The van der Waals surface area contributed by atoms with Crippen molar-refractivity contribution in [1.82, 2.24) is 14.4 Å². The minimum absolute atomic E-state index is 0.537. The Balaban J connectivity index is 1.00. The number of hydrogen-bond acceptors (Lipinski definition) is 6. The smallest absolute Gasteiger partial charge is 0.144 e. The molecule has 1 unspecified atom stereocenters. The molecule has 0 spiro atoms. The quantitative estimate of drug-likeness (QED) is 0.152. The number of piperazine rings is 2. The summed E-state index contributed by atoms with van der Waals surface area (Å²) in [6.45, 7) is 11.0. The Kier molecular flexibility index (Phi) is 9.89. The molecule has 2 aliphatic heterocycles. The second-order valence-electron chi connectivity index (χ2n) is 13.9. The van der Waals surface area contributed by atoms with E-state index in [1.807, 2.05) is 12.1 Å². The van der Waals surface area contributed by atoms with Gasteiger partial charge in [-0.2, -0.15) is 0 Å². The molecule has 2 fully saturated rings. The lowest BCUT2D eigenvalue weighted by Gasteiger charge is -2.42. The molecule has 2 saturated heterocycles. The van der Waals surface area contributed by atoms with Crippen molar-refractivity contribution in [3.63, 3.8) is 0 Å². The Morgan fingerprint density at radius 3 is 2.22 bits per heavy atom. The van der Waals surface area contributed by atoms with E-state index < -0.39 is 0 Å². The molecule has 0 radical (unpaired) electrons. The first-order valence-corrected chi connectivity index (χ1v) is 18.7. The number of halogens is 1. The van der Waals surface area contributed by atoms with Crippen LogP contribution in [0.1, 0.15) is 23.2 Å². The molecule has 8 heteroatoms. The highest BCUT2D eigenvalue weighted by atomic mass is 35.5. The topological polar surface area (TPSA) is 36.4 Å². The van der Waals surface area contributed by atoms with Gasteiger partial charge in [0.05, 0.1) is 23.3 Å².